The fourth-order valence-corrected chi connectivity index (χ4v) is 4.93. The number of benzene rings is 1. The summed E-state index contributed by atoms with van der Waals surface area (Å²) in [6.07, 6.45) is -3.99. The summed E-state index contributed by atoms with van der Waals surface area (Å²) in [6, 6.07) is 11.0. The first-order valence-electron chi connectivity index (χ1n) is 11.5. The molecule has 1 aliphatic rings. The minimum Gasteiger partial charge on any atom is -0.368 e. The van der Waals surface area contributed by atoms with E-state index in [-0.39, 0.29) is 28.8 Å². The molecule has 1 aromatic carbocycles. The van der Waals surface area contributed by atoms with Crippen molar-refractivity contribution in [2.75, 3.05) is 25.0 Å². The summed E-state index contributed by atoms with van der Waals surface area (Å²) in [7, 11) is 3.16. The lowest BCUT2D eigenvalue weighted by Crippen LogP contribution is -2.51. The Kier molecular flexibility index (Phi) is 6.66. The Morgan fingerprint density at radius 1 is 1.14 bits per heavy atom. The molecule has 0 N–H and O–H groups in total. The van der Waals surface area contributed by atoms with Crippen molar-refractivity contribution in [2.45, 2.75) is 25.6 Å². The Balaban J connectivity index is 1.62. The highest BCUT2D eigenvalue weighted by Gasteiger charge is 2.35. The smallest absolute Gasteiger partial charge is 0.368 e. The summed E-state index contributed by atoms with van der Waals surface area (Å²) in [5.41, 5.74) is 0.165. The van der Waals surface area contributed by atoms with E-state index < -0.39 is 23.2 Å². The first-order valence-corrected chi connectivity index (χ1v) is 11.5. The number of carbonyl (C=O) groups excluding carboxylic acids is 1. The van der Waals surface area contributed by atoms with Gasteiger partial charge in [-0.15, -0.1) is 0 Å². The predicted molar refractivity (Wildman–Crippen MR) is 130 cm³/mol. The topological polar surface area (TPSA) is 106 Å². The van der Waals surface area contributed by atoms with Gasteiger partial charge in [0.1, 0.15) is 28.9 Å². The minimum absolute atomic E-state index is 0.0718. The quantitative estimate of drug-likeness (QED) is 0.534. The lowest BCUT2D eigenvalue weighted by Gasteiger charge is -2.42. The number of rotatable bonds is 3. The van der Waals surface area contributed by atoms with E-state index >= 15 is 0 Å². The van der Waals surface area contributed by atoms with E-state index in [1.165, 1.54) is 27.7 Å². The first kappa shape index (κ1) is 25.7. The van der Waals surface area contributed by atoms with Gasteiger partial charge in [0, 0.05) is 38.8 Å². The van der Waals surface area contributed by atoms with Crippen LogP contribution in [0, 0.1) is 28.6 Å². The summed E-state index contributed by atoms with van der Waals surface area (Å²) in [5, 5.41) is 19.1. The molecule has 3 aromatic rings. The van der Waals surface area contributed by atoms with Crippen LogP contribution in [0.15, 0.2) is 41.2 Å². The van der Waals surface area contributed by atoms with Crippen molar-refractivity contribution >= 4 is 22.6 Å². The fourth-order valence-electron chi connectivity index (χ4n) is 4.93. The zero-order chi connectivity index (χ0) is 27.1. The summed E-state index contributed by atoms with van der Waals surface area (Å²) in [6.45, 7) is 2.72. The summed E-state index contributed by atoms with van der Waals surface area (Å²) >= 11 is 0. The van der Waals surface area contributed by atoms with E-state index in [0.717, 1.165) is 12.1 Å². The maximum atomic E-state index is 13.0. The first-order chi connectivity index (χ1) is 17.5. The van der Waals surface area contributed by atoms with Crippen molar-refractivity contribution in [2.24, 2.45) is 13.0 Å². The molecule has 0 aliphatic carbocycles. The number of aromatic nitrogens is 2. The molecule has 8 nitrogen and oxygen atoms in total. The molecule has 2 atom stereocenters. The van der Waals surface area contributed by atoms with Gasteiger partial charge in [-0.1, -0.05) is 6.92 Å². The third-order valence-corrected chi connectivity index (χ3v) is 6.89. The number of hydrogen-bond donors (Lipinski definition) is 0. The van der Waals surface area contributed by atoms with Gasteiger partial charge in [0.15, 0.2) is 0 Å². The predicted octanol–water partition coefficient (Wildman–Crippen LogP) is 3.68. The van der Waals surface area contributed by atoms with Crippen LogP contribution in [0.5, 0.6) is 0 Å². The number of alkyl halides is 3. The van der Waals surface area contributed by atoms with Gasteiger partial charge in [-0.05, 0) is 48.7 Å². The van der Waals surface area contributed by atoms with Crippen LogP contribution in [-0.2, 0) is 13.2 Å². The second-order valence-corrected chi connectivity index (χ2v) is 9.15. The highest BCUT2D eigenvalue weighted by Crippen LogP contribution is 2.33. The second kappa shape index (κ2) is 9.58. The Labute approximate surface area is 210 Å². The number of anilines is 1. The van der Waals surface area contributed by atoms with Crippen LogP contribution in [0.25, 0.3) is 11.0 Å². The molecule has 0 radical (unpaired) electrons. The zero-order valence-corrected chi connectivity index (χ0v) is 20.4. The Morgan fingerprint density at radius 2 is 1.81 bits per heavy atom. The molecule has 0 spiro atoms. The van der Waals surface area contributed by atoms with Gasteiger partial charge in [-0.25, -0.2) is 4.98 Å². The van der Waals surface area contributed by atoms with Gasteiger partial charge in [0.25, 0.3) is 11.5 Å². The van der Waals surface area contributed by atoms with E-state index in [1.54, 1.807) is 20.2 Å². The molecule has 1 aliphatic heterocycles. The van der Waals surface area contributed by atoms with Crippen molar-refractivity contribution in [3.8, 4) is 12.1 Å². The SMILES string of the molecule is CC1CN(c2c(C#N)c(=O)n(C)c3ccc(C#N)nc23)CCC1N(C)C(=O)c1ccc(C(F)(F)F)cc1. The number of nitrogens with zero attached hydrogens (tertiary/aromatic N) is 6. The molecule has 1 fully saturated rings. The third-order valence-electron chi connectivity index (χ3n) is 6.89. The number of piperidine rings is 1. The zero-order valence-electron chi connectivity index (χ0n) is 20.4. The number of amides is 1. The normalized spacial score (nSPS) is 17.8. The molecular formula is C26H23F3N6O2. The average Bonchev–Trinajstić information content (AvgIpc) is 2.88. The van der Waals surface area contributed by atoms with Crippen molar-refractivity contribution in [1.82, 2.24) is 14.5 Å². The number of hydrogen-bond acceptors (Lipinski definition) is 6. The lowest BCUT2D eigenvalue weighted by atomic mass is 9.91. The molecule has 37 heavy (non-hydrogen) atoms. The van der Waals surface area contributed by atoms with E-state index in [4.69, 9.17) is 0 Å². The van der Waals surface area contributed by atoms with Gasteiger partial charge in [-0.3, -0.25) is 9.59 Å². The highest BCUT2D eigenvalue weighted by atomic mass is 19.4. The monoisotopic (exact) mass is 508 g/mol. The molecule has 1 amide bonds. The highest BCUT2D eigenvalue weighted by molar-refractivity contribution is 5.94. The van der Waals surface area contributed by atoms with E-state index in [1.807, 2.05) is 24.0 Å². The van der Waals surface area contributed by atoms with Gasteiger partial charge in [0.2, 0.25) is 0 Å². The molecular weight excluding hydrogens is 485 g/mol. The fraction of sp³-hybridized carbons (Fsp3) is 0.346. The van der Waals surface area contributed by atoms with E-state index in [2.05, 4.69) is 4.98 Å². The van der Waals surface area contributed by atoms with E-state index in [9.17, 15) is 33.3 Å². The van der Waals surface area contributed by atoms with Crippen LogP contribution in [0.4, 0.5) is 18.9 Å². The molecule has 4 rings (SSSR count). The van der Waals surface area contributed by atoms with E-state index in [0.29, 0.717) is 36.2 Å². The van der Waals surface area contributed by atoms with Crippen LogP contribution < -0.4 is 10.5 Å². The molecule has 0 saturated carbocycles. The Bertz CT molecular complexity index is 1520. The second-order valence-electron chi connectivity index (χ2n) is 9.15. The van der Waals surface area contributed by atoms with Gasteiger partial charge in [0.05, 0.1) is 16.8 Å². The lowest BCUT2D eigenvalue weighted by molar-refractivity contribution is -0.137. The van der Waals surface area contributed by atoms with Crippen LogP contribution >= 0.6 is 0 Å². The van der Waals surface area contributed by atoms with Crippen LogP contribution in [0.3, 0.4) is 0 Å². The van der Waals surface area contributed by atoms with Gasteiger partial charge >= 0.3 is 6.18 Å². The molecule has 0 bridgehead atoms. The Morgan fingerprint density at radius 3 is 2.38 bits per heavy atom. The van der Waals surface area contributed by atoms with Gasteiger partial charge in [-0.2, -0.15) is 23.7 Å². The van der Waals surface area contributed by atoms with Crippen LogP contribution in [0.1, 0.15) is 40.5 Å². The third kappa shape index (κ3) is 4.60. The van der Waals surface area contributed by atoms with Crippen molar-refractivity contribution in [3.63, 3.8) is 0 Å². The molecule has 190 valence electrons. The standard InChI is InChI=1S/C26H23F3N6O2/c1-15-14-35(23-19(13-31)25(37)34(3)21-9-8-18(12-30)32-22(21)23)11-10-20(15)33(2)24(36)16-4-6-17(7-5-16)26(27,28)29/h4-9,15,20H,10-11,14H2,1-3H3. The molecule has 2 aromatic heterocycles. The Hall–Kier alpha value is -4.38. The number of nitriles is 2. The van der Waals surface area contributed by atoms with Crippen LogP contribution in [-0.4, -0.2) is 46.5 Å². The maximum absolute atomic E-state index is 13.0. The molecule has 3 heterocycles. The van der Waals surface area contributed by atoms with Crippen molar-refractivity contribution < 1.29 is 18.0 Å². The molecule has 11 heteroatoms. The molecule has 2 unspecified atom stereocenters. The number of fused-ring (bicyclic) bond motifs is 1. The van der Waals surface area contributed by atoms with Crippen molar-refractivity contribution in [1.29, 1.82) is 10.5 Å². The van der Waals surface area contributed by atoms with Crippen molar-refractivity contribution in [3.05, 3.63) is 69.1 Å². The number of halogens is 3. The molecule has 1 saturated heterocycles. The summed E-state index contributed by atoms with van der Waals surface area (Å²) < 4.78 is 40.0. The number of pyridine rings is 2. The summed E-state index contributed by atoms with van der Waals surface area (Å²) in [5.74, 6) is -0.502. The maximum Gasteiger partial charge on any atom is 0.416 e. The minimum atomic E-state index is -4.48. The van der Waals surface area contributed by atoms with Crippen LogP contribution in [0.2, 0.25) is 0 Å². The largest absolute Gasteiger partial charge is 0.416 e. The number of carbonyl (C=O) groups is 1. The number of aryl methyl sites for hydroxylation is 1. The average molecular weight is 509 g/mol. The summed E-state index contributed by atoms with van der Waals surface area (Å²) in [4.78, 5) is 33.8. The van der Waals surface area contributed by atoms with Gasteiger partial charge < -0.3 is 14.4 Å².